The molecule has 0 atom stereocenters. The lowest BCUT2D eigenvalue weighted by Gasteiger charge is -2.25. The minimum Gasteiger partial charge on any atom is -0.395 e. The molecule has 0 radical (unpaired) electrons. The number of alkyl halides is 2. The molecule has 1 aliphatic rings. The van der Waals surface area contributed by atoms with Crippen molar-refractivity contribution in [2.24, 2.45) is 0 Å². The number of fused-ring (bicyclic) bond motifs is 1. The Hall–Kier alpha value is -1.74. The molecule has 1 aromatic rings. The van der Waals surface area contributed by atoms with Crippen molar-refractivity contribution in [3.8, 4) is 6.07 Å². The van der Waals surface area contributed by atoms with Gasteiger partial charge in [0.05, 0.1) is 18.7 Å². The summed E-state index contributed by atoms with van der Waals surface area (Å²) in [6.45, 7) is -0.734. The van der Waals surface area contributed by atoms with Crippen molar-refractivity contribution >= 4 is 5.82 Å². The normalized spacial score (nSPS) is 13.9. The van der Waals surface area contributed by atoms with Crippen molar-refractivity contribution < 1.29 is 13.9 Å². The molecule has 0 saturated heterocycles. The Bertz CT molecular complexity index is 514. The van der Waals surface area contributed by atoms with Gasteiger partial charge in [0.2, 0.25) is 0 Å². The second-order valence-electron chi connectivity index (χ2n) is 4.84. The highest BCUT2D eigenvalue weighted by atomic mass is 19.3. The third-order valence-corrected chi connectivity index (χ3v) is 3.43. The van der Waals surface area contributed by atoms with Gasteiger partial charge in [-0.3, -0.25) is 0 Å². The molecule has 6 heteroatoms. The number of aliphatic hydroxyl groups excluding tert-OH is 1. The first-order chi connectivity index (χ1) is 9.65. The molecule has 0 aromatic carbocycles. The standard InChI is InChI=1S/C14H17F2N3O/c15-13(16)9-19(5-6-20)14-11(8-17)7-10-3-1-2-4-12(10)18-14/h7,13,20H,1-6,9H2. The minimum atomic E-state index is -2.54. The number of aromatic nitrogens is 1. The summed E-state index contributed by atoms with van der Waals surface area (Å²) in [7, 11) is 0. The third-order valence-electron chi connectivity index (χ3n) is 3.43. The molecule has 0 spiro atoms. The van der Waals surface area contributed by atoms with E-state index in [0.29, 0.717) is 5.56 Å². The molecule has 1 heterocycles. The van der Waals surface area contributed by atoms with E-state index in [1.54, 1.807) is 6.07 Å². The van der Waals surface area contributed by atoms with Gasteiger partial charge in [0, 0.05) is 12.2 Å². The number of aliphatic hydroxyl groups is 1. The van der Waals surface area contributed by atoms with Crippen LogP contribution >= 0.6 is 0 Å². The van der Waals surface area contributed by atoms with Crippen LogP contribution in [0.1, 0.15) is 29.7 Å². The highest BCUT2D eigenvalue weighted by Crippen LogP contribution is 2.26. The van der Waals surface area contributed by atoms with E-state index in [2.05, 4.69) is 4.98 Å². The van der Waals surface area contributed by atoms with Crippen LogP contribution < -0.4 is 4.90 Å². The molecule has 0 saturated carbocycles. The number of rotatable bonds is 5. The van der Waals surface area contributed by atoms with Gasteiger partial charge in [0.1, 0.15) is 11.9 Å². The number of pyridine rings is 1. The molecular formula is C14H17F2N3O. The van der Waals surface area contributed by atoms with E-state index in [-0.39, 0.29) is 19.0 Å². The summed E-state index contributed by atoms with van der Waals surface area (Å²) >= 11 is 0. The van der Waals surface area contributed by atoms with E-state index in [1.165, 1.54) is 4.90 Å². The Balaban J connectivity index is 2.39. The Labute approximate surface area is 116 Å². The van der Waals surface area contributed by atoms with Gasteiger partial charge in [-0.05, 0) is 37.3 Å². The fraction of sp³-hybridized carbons (Fsp3) is 0.571. The zero-order valence-electron chi connectivity index (χ0n) is 11.1. The van der Waals surface area contributed by atoms with Gasteiger partial charge in [-0.2, -0.15) is 5.26 Å². The summed E-state index contributed by atoms with van der Waals surface area (Å²) in [6, 6.07) is 3.78. The van der Waals surface area contributed by atoms with Crippen LogP contribution in [0, 0.1) is 11.3 Å². The molecule has 108 valence electrons. The number of nitriles is 1. The van der Waals surface area contributed by atoms with Crippen molar-refractivity contribution in [1.82, 2.24) is 4.98 Å². The highest BCUT2D eigenvalue weighted by molar-refractivity contribution is 5.56. The first-order valence-electron chi connectivity index (χ1n) is 6.72. The average molecular weight is 281 g/mol. The van der Waals surface area contributed by atoms with Crippen molar-refractivity contribution in [1.29, 1.82) is 5.26 Å². The minimum absolute atomic E-state index is 0.0464. The van der Waals surface area contributed by atoms with Crippen LogP contribution in [0.5, 0.6) is 0 Å². The fourth-order valence-electron chi connectivity index (χ4n) is 2.52. The maximum absolute atomic E-state index is 12.6. The zero-order valence-corrected chi connectivity index (χ0v) is 11.1. The summed E-state index contributed by atoms with van der Waals surface area (Å²) in [6.07, 6.45) is 1.25. The first kappa shape index (κ1) is 14.7. The largest absolute Gasteiger partial charge is 0.395 e. The van der Waals surface area contributed by atoms with E-state index < -0.39 is 13.0 Å². The van der Waals surface area contributed by atoms with Gasteiger partial charge >= 0.3 is 0 Å². The van der Waals surface area contributed by atoms with Crippen LogP contribution in [0.25, 0.3) is 0 Å². The van der Waals surface area contributed by atoms with Crippen molar-refractivity contribution in [2.75, 3.05) is 24.6 Å². The second kappa shape index (κ2) is 6.62. The summed E-state index contributed by atoms with van der Waals surface area (Å²) in [5, 5.41) is 18.2. The van der Waals surface area contributed by atoms with Crippen LogP contribution in [0.2, 0.25) is 0 Å². The number of aryl methyl sites for hydroxylation is 2. The van der Waals surface area contributed by atoms with Gasteiger partial charge in [-0.15, -0.1) is 0 Å². The van der Waals surface area contributed by atoms with Crippen molar-refractivity contribution in [2.45, 2.75) is 32.1 Å². The average Bonchev–Trinajstić information content (AvgIpc) is 2.45. The molecule has 1 aliphatic carbocycles. The van der Waals surface area contributed by atoms with Gasteiger partial charge < -0.3 is 10.0 Å². The molecule has 1 aromatic heterocycles. The van der Waals surface area contributed by atoms with E-state index in [1.807, 2.05) is 6.07 Å². The topological polar surface area (TPSA) is 60.2 Å². The third kappa shape index (κ3) is 3.23. The maximum atomic E-state index is 12.6. The Kier molecular flexibility index (Phi) is 4.85. The number of nitrogens with zero attached hydrogens (tertiary/aromatic N) is 3. The molecule has 0 fully saturated rings. The Morgan fingerprint density at radius 2 is 2.15 bits per heavy atom. The van der Waals surface area contributed by atoms with E-state index >= 15 is 0 Å². The lowest BCUT2D eigenvalue weighted by atomic mass is 9.95. The lowest BCUT2D eigenvalue weighted by molar-refractivity contribution is 0.152. The summed E-state index contributed by atoms with van der Waals surface area (Å²) in [5.41, 5.74) is 2.24. The van der Waals surface area contributed by atoms with Crippen molar-refractivity contribution in [3.05, 3.63) is 22.9 Å². The summed E-state index contributed by atoms with van der Waals surface area (Å²) in [4.78, 5) is 5.70. The molecule has 1 N–H and O–H groups in total. The number of hydrogen-bond donors (Lipinski definition) is 1. The van der Waals surface area contributed by atoms with Gasteiger partial charge in [-0.25, -0.2) is 13.8 Å². The van der Waals surface area contributed by atoms with Crippen molar-refractivity contribution in [3.63, 3.8) is 0 Å². The maximum Gasteiger partial charge on any atom is 0.255 e. The van der Waals surface area contributed by atoms with Gasteiger partial charge in [0.15, 0.2) is 0 Å². The molecule has 2 rings (SSSR count). The quantitative estimate of drug-likeness (QED) is 0.895. The second-order valence-corrected chi connectivity index (χ2v) is 4.84. The number of anilines is 1. The van der Waals surface area contributed by atoms with Crippen LogP contribution in [0.4, 0.5) is 14.6 Å². The predicted octanol–water partition coefficient (Wildman–Crippen LogP) is 1.90. The summed E-state index contributed by atoms with van der Waals surface area (Å²) in [5.74, 6) is 0.266. The number of hydrogen-bond acceptors (Lipinski definition) is 4. The van der Waals surface area contributed by atoms with Crippen LogP contribution in [0.15, 0.2) is 6.07 Å². The molecule has 0 bridgehead atoms. The van der Waals surface area contributed by atoms with Crippen LogP contribution in [-0.4, -0.2) is 36.2 Å². The first-order valence-corrected chi connectivity index (χ1v) is 6.72. The van der Waals surface area contributed by atoms with Gasteiger partial charge in [0.25, 0.3) is 6.43 Å². The molecular weight excluding hydrogens is 264 g/mol. The summed E-state index contributed by atoms with van der Waals surface area (Å²) < 4.78 is 25.3. The molecule has 4 nitrogen and oxygen atoms in total. The Morgan fingerprint density at radius 3 is 2.80 bits per heavy atom. The molecule has 0 amide bonds. The molecule has 0 unspecified atom stereocenters. The van der Waals surface area contributed by atoms with E-state index in [0.717, 1.165) is 36.9 Å². The molecule has 0 aliphatic heterocycles. The molecule has 20 heavy (non-hydrogen) atoms. The van der Waals surface area contributed by atoms with Crippen LogP contribution in [-0.2, 0) is 12.8 Å². The monoisotopic (exact) mass is 281 g/mol. The van der Waals surface area contributed by atoms with Crippen LogP contribution in [0.3, 0.4) is 0 Å². The highest BCUT2D eigenvalue weighted by Gasteiger charge is 2.21. The van der Waals surface area contributed by atoms with Gasteiger partial charge in [-0.1, -0.05) is 0 Å². The SMILES string of the molecule is N#Cc1cc2c(nc1N(CCO)CC(F)F)CCCC2. The fourth-order valence-corrected chi connectivity index (χ4v) is 2.52. The smallest absolute Gasteiger partial charge is 0.255 e. The van der Waals surface area contributed by atoms with E-state index in [4.69, 9.17) is 5.11 Å². The number of halogens is 2. The zero-order chi connectivity index (χ0) is 14.5. The predicted molar refractivity (Wildman–Crippen MR) is 70.9 cm³/mol. The Morgan fingerprint density at radius 1 is 1.40 bits per heavy atom. The lowest BCUT2D eigenvalue weighted by Crippen LogP contribution is -2.33. The van der Waals surface area contributed by atoms with E-state index in [9.17, 15) is 14.0 Å².